The number of carbonyl (C=O) groups excluding carboxylic acids is 2. The van der Waals surface area contributed by atoms with Gasteiger partial charge in [-0.25, -0.2) is 18.6 Å². The van der Waals surface area contributed by atoms with Crippen molar-refractivity contribution in [1.29, 1.82) is 0 Å². The SMILES string of the molecule is CC(C)c1c[nH]c2nccc(Oc3c(F)cc(NC(=O)NCC(=O)N4CCOCC4)cc3F)c12. The first kappa shape index (κ1) is 23.4. The Morgan fingerprint density at radius 3 is 2.62 bits per heavy atom. The van der Waals surface area contributed by atoms with Crippen LogP contribution < -0.4 is 15.4 Å². The third-order valence-electron chi connectivity index (χ3n) is 5.42. The van der Waals surface area contributed by atoms with Crippen molar-refractivity contribution in [3.8, 4) is 11.5 Å². The molecule has 3 N–H and O–H groups in total. The summed E-state index contributed by atoms with van der Waals surface area (Å²) in [5.74, 6) is -2.47. The summed E-state index contributed by atoms with van der Waals surface area (Å²) < 4.78 is 40.3. The highest BCUT2D eigenvalue weighted by molar-refractivity contribution is 5.92. The molecule has 1 aromatic carbocycles. The monoisotopic (exact) mass is 473 g/mol. The number of halogens is 2. The quantitative estimate of drug-likeness (QED) is 0.506. The van der Waals surface area contributed by atoms with E-state index in [9.17, 15) is 18.4 Å². The summed E-state index contributed by atoms with van der Waals surface area (Å²) in [6, 6.07) is 2.66. The molecule has 1 saturated heterocycles. The molecule has 0 saturated carbocycles. The fraction of sp³-hybridized carbons (Fsp3) is 0.348. The molecular formula is C23H25F2N5O4. The number of H-pyrrole nitrogens is 1. The fourth-order valence-electron chi connectivity index (χ4n) is 3.69. The number of fused-ring (bicyclic) bond motifs is 1. The average molecular weight is 473 g/mol. The van der Waals surface area contributed by atoms with E-state index in [1.807, 2.05) is 13.8 Å². The number of anilines is 1. The molecule has 0 atom stereocenters. The molecule has 34 heavy (non-hydrogen) atoms. The van der Waals surface area contributed by atoms with E-state index in [4.69, 9.17) is 9.47 Å². The van der Waals surface area contributed by atoms with Gasteiger partial charge in [-0.05, 0) is 17.5 Å². The highest BCUT2D eigenvalue weighted by Gasteiger charge is 2.20. The van der Waals surface area contributed by atoms with Gasteiger partial charge in [0.05, 0.1) is 25.1 Å². The minimum Gasteiger partial charge on any atom is -0.450 e. The van der Waals surface area contributed by atoms with Crippen molar-refractivity contribution in [2.24, 2.45) is 0 Å². The number of nitrogens with one attached hydrogen (secondary N) is 3. The molecule has 2 aromatic heterocycles. The highest BCUT2D eigenvalue weighted by Crippen LogP contribution is 2.37. The summed E-state index contributed by atoms with van der Waals surface area (Å²) >= 11 is 0. The van der Waals surface area contributed by atoms with Crippen LogP contribution in [0.1, 0.15) is 25.3 Å². The molecule has 3 heterocycles. The molecule has 4 rings (SSSR count). The van der Waals surface area contributed by atoms with Crippen LogP contribution in [0.2, 0.25) is 0 Å². The van der Waals surface area contributed by atoms with Gasteiger partial charge in [0.1, 0.15) is 11.4 Å². The van der Waals surface area contributed by atoms with Gasteiger partial charge in [0.2, 0.25) is 5.91 Å². The Kier molecular flexibility index (Phi) is 6.92. The number of hydrogen-bond acceptors (Lipinski definition) is 5. The lowest BCUT2D eigenvalue weighted by Crippen LogP contribution is -2.46. The molecular weight excluding hydrogens is 448 g/mol. The van der Waals surface area contributed by atoms with Gasteiger partial charge < -0.3 is 30.0 Å². The molecule has 180 valence electrons. The highest BCUT2D eigenvalue weighted by atomic mass is 19.1. The number of amides is 3. The number of ether oxygens (including phenoxy) is 2. The largest absolute Gasteiger partial charge is 0.450 e. The second kappa shape index (κ2) is 10.0. The summed E-state index contributed by atoms with van der Waals surface area (Å²) in [5.41, 5.74) is 1.33. The van der Waals surface area contributed by atoms with E-state index in [0.29, 0.717) is 37.3 Å². The van der Waals surface area contributed by atoms with Crippen LogP contribution in [0.4, 0.5) is 19.3 Å². The van der Waals surface area contributed by atoms with E-state index in [1.54, 1.807) is 11.1 Å². The summed E-state index contributed by atoms with van der Waals surface area (Å²) in [6.45, 7) is 5.51. The molecule has 3 aromatic rings. The van der Waals surface area contributed by atoms with Gasteiger partial charge in [-0.3, -0.25) is 4.79 Å². The van der Waals surface area contributed by atoms with Crippen LogP contribution >= 0.6 is 0 Å². The number of pyridine rings is 1. The maximum atomic E-state index is 14.8. The average Bonchev–Trinajstić information content (AvgIpc) is 3.26. The second-order valence-electron chi connectivity index (χ2n) is 8.10. The Labute approximate surface area is 194 Å². The zero-order valence-corrected chi connectivity index (χ0v) is 18.8. The number of benzene rings is 1. The zero-order valence-electron chi connectivity index (χ0n) is 18.8. The van der Waals surface area contributed by atoms with E-state index in [2.05, 4.69) is 20.6 Å². The number of hydrogen-bond donors (Lipinski definition) is 3. The van der Waals surface area contributed by atoms with E-state index in [1.165, 1.54) is 12.3 Å². The maximum absolute atomic E-state index is 14.8. The second-order valence-corrected chi connectivity index (χ2v) is 8.10. The van der Waals surface area contributed by atoms with Gasteiger partial charge in [-0.2, -0.15) is 0 Å². The summed E-state index contributed by atoms with van der Waals surface area (Å²) in [5, 5.41) is 5.35. The Balaban J connectivity index is 1.44. The van der Waals surface area contributed by atoms with Crippen LogP contribution in [0, 0.1) is 11.6 Å². The molecule has 1 aliphatic rings. The van der Waals surface area contributed by atoms with Crippen LogP contribution in [-0.4, -0.2) is 59.7 Å². The summed E-state index contributed by atoms with van der Waals surface area (Å²) in [4.78, 5) is 33.0. The van der Waals surface area contributed by atoms with Crippen LogP contribution in [0.5, 0.6) is 11.5 Å². The van der Waals surface area contributed by atoms with Crippen LogP contribution in [0.3, 0.4) is 0 Å². The van der Waals surface area contributed by atoms with E-state index in [-0.39, 0.29) is 29.8 Å². The molecule has 1 aliphatic heterocycles. The predicted octanol–water partition coefficient (Wildman–Crippen LogP) is 3.74. The van der Waals surface area contributed by atoms with E-state index >= 15 is 0 Å². The standard InChI is InChI=1S/C23H25F2N5O4/c1-13(2)15-11-27-22-20(15)18(3-4-26-22)34-21-16(24)9-14(10-17(21)25)29-23(32)28-12-19(31)30-5-7-33-8-6-30/h3-4,9-11,13H,5-8,12H2,1-2H3,(H,26,27)(H2,28,29,32). The minimum atomic E-state index is -0.994. The number of carbonyl (C=O) groups is 2. The Hall–Kier alpha value is -3.73. The smallest absolute Gasteiger partial charge is 0.319 e. The number of rotatable bonds is 6. The number of urea groups is 1. The van der Waals surface area contributed by atoms with Crippen LogP contribution in [0.15, 0.2) is 30.6 Å². The first-order valence-electron chi connectivity index (χ1n) is 10.9. The molecule has 9 nitrogen and oxygen atoms in total. The van der Waals surface area contributed by atoms with Gasteiger partial charge in [-0.1, -0.05) is 13.8 Å². The summed E-state index contributed by atoms with van der Waals surface area (Å²) in [6.07, 6.45) is 3.27. The predicted molar refractivity (Wildman–Crippen MR) is 121 cm³/mol. The Morgan fingerprint density at radius 2 is 1.94 bits per heavy atom. The molecule has 0 unspecified atom stereocenters. The third kappa shape index (κ3) is 5.09. The molecule has 3 amide bonds. The number of aromatic amines is 1. The van der Waals surface area contributed by atoms with Gasteiger partial charge in [-0.15, -0.1) is 0 Å². The normalized spacial score (nSPS) is 13.9. The maximum Gasteiger partial charge on any atom is 0.319 e. The number of aromatic nitrogens is 2. The van der Waals surface area contributed by atoms with Crippen molar-refractivity contribution in [2.75, 3.05) is 38.2 Å². The number of nitrogens with zero attached hydrogens (tertiary/aromatic N) is 2. The van der Waals surface area contributed by atoms with Crippen molar-refractivity contribution in [3.05, 3.63) is 47.8 Å². The van der Waals surface area contributed by atoms with Gasteiger partial charge in [0.15, 0.2) is 17.4 Å². The first-order chi connectivity index (χ1) is 16.3. The topological polar surface area (TPSA) is 109 Å². The van der Waals surface area contributed by atoms with Crippen molar-refractivity contribution >= 4 is 28.7 Å². The molecule has 0 bridgehead atoms. The molecule has 1 fully saturated rings. The third-order valence-corrected chi connectivity index (χ3v) is 5.42. The summed E-state index contributed by atoms with van der Waals surface area (Å²) in [7, 11) is 0. The first-order valence-corrected chi connectivity index (χ1v) is 10.9. The van der Waals surface area contributed by atoms with Crippen LogP contribution in [-0.2, 0) is 9.53 Å². The Morgan fingerprint density at radius 1 is 1.24 bits per heavy atom. The van der Waals surface area contributed by atoms with Crippen molar-refractivity contribution in [1.82, 2.24) is 20.2 Å². The molecule has 11 heteroatoms. The fourth-order valence-corrected chi connectivity index (χ4v) is 3.69. The van der Waals surface area contributed by atoms with E-state index < -0.39 is 23.4 Å². The van der Waals surface area contributed by atoms with Crippen molar-refractivity contribution in [3.63, 3.8) is 0 Å². The minimum absolute atomic E-state index is 0.122. The number of morpholine rings is 1. The zero-order chi connectivity index (χ0) is 24.2. The lowest BCUT2D eigenvalue weighted by Gasteiger charge is -2.26. The van der Waals surface area contributed by atoms with Crippen molar-refractivity contribution in [2.45, 2.75) is 19.8 Å². The lowest BCUT2D eigenvalue weighted by atomic mass is 10.0. The van der Waals surface area contributed by atoms with Crippen molar-refractivity contribution < 1.29 is 27.8 Å². The van der Waals surface area contributed by atoms with E-state index in [0.717, 1.165) is 17.7 Å². The molecule has 0 aliphatic carbocycles. The van der Waals surface area contributed by atoms with Crippen LogP contribution in [0.25, 0.3) is 11.0 Å². The molecule has 0 radical (unpaired) electrons. The Bertz CT molecular complexity index is 1180. The molecule has 0 spiro atoms. The van der Waals surface area contributed by atoms with Gasteiger partial charge in [0, 0.05) is 43.3 Å². The van der Waals surface area contributed by atoms with Gasteiger partial charge >= 0.3 is 6.03 Å². The van der Waals surface area contributed by atoms with Gasteiger partial charge in [0.25, 0.3) is 0 Å². The lowest BCUT2D eigenvalue weighted by molar-refractivity contribution is -0.134.